The fourth-order valence-corrected chi connectivity index (χ4v) is 2.16. The highest BCUT2D eigenvalue weighted by molar-refractivity contribution is 6.31. The molecule has 0 aliphatic heterocycles. The summed E-state index contributed by atoms with van der Waals surface area (Å²) in [6, 6.07) is 0. The zero-order valence-corrected chi connectivity index (χ0v) is 11.7. The molecule has 1 rings (SSSR count). The van der Waals surface area contributed by atoms with E-state index < -0.39 is 5.67 Å². The highest BCUT2D eigenvalue weighted by Crippen LogP contribution is 2.30. The molecular weight excluding hydrogens is 241 g/mol. The van der Waals surface area contributed by atoms with Crippen molar-refractivity contribution < 1.29 is 4.39 Å². The van der Waals surface area contributed by atoms with Gasteiger partial charge in [-0.3, -0.25) is 4.68 Å². The standard InChI is InChI=1S/C12H21ClFN3/c1-5-9-11(13)10(17(4)16-9)6-12(14,7-15)8(2)3/h8H,5-7,15H2,1-4H3. The highest BCUT2D eigenvalue weighted by Gasteiger charge is 2.34. The number of halogens is 2. The first kappa shape index (κ1) is 14.5. The van der Waals surface area contributed by atoms with Crippen molar-refractivity contribution in [2.75, 3.05) is 6.54 Å². The lowest BCUT2D eigenvalue weighted by Crippen LogP contribution is -2.41. The molecule has 0 aromatic carbocycles. The maximum atomic E-state index is 14.6. The van der Waals surface area contributed by atoms with Crippen LogP contribution in [-0.4, -0.2) is 22.0 Å². The molecule has 0 saturated carbocycles. The van der Waals surface area contributed by atoms with E-state index in [-0.39, 0.29) is 18.9 Å². The molecule has 1 aromatic rings. The highest BCUT2D eigenvalue weighted by atomic mass is 35.5. The summed E-state index contributed by atoms with van der Waals surface area (Å²) < 4.78 is 16.2. The van der Waals surface area contributed by atoms with Gasteiger partial charge in [-0.15, -0.1) is 0 Å². The Morgan fingerprint density at radius 3 is 2.47 bits per heavy atom. The van der Waals surface area contributed by atoms with Crippen LogP contribution >= 0.6 is 11.6 Å². The number of hydrogen-bond acceptors (Lipinski definition) is 2. The van der Waals surface area contributed by atoms with E-state index in [0.717, 1.165) is 17.8 Å². The second-order valence-electron chi connectivity index (χ2n) is 4.75. The average molecular weight is 262 g/mol. The van der Waals surface area contributed by atoms with Crippen molar-refractivity contribution in [3.8, 4) is 0 Å². The molecule has 0 aliphatic rings. The lowest BCUT2D eigenvalue weighted by molar-refractivity contribution is 0.108. The number of nitrogens with two attached hydrogens (primary N) is 1. The van der Waals surface area contributed by atoms with Gasteiger partial charge in [-0.1, -0.05) is 32.4 Å². The van der Waals surface area contributed by atoms with Gasteiger partial charge in [-0.2, -0.15) is 5.10 Å². The minimum absolute atomic E-state index is 0.00632. The van der Waals surface area contributed by atoms with E-state index in [1.807, 2.05) is 20.8 Å². The molecule has 0 bridgehead atoms. The van der Waals surface area contributed by atoms with Crippen molar-refractivity contribution >= 4 is 11.6 Å². The Morgan fingerprint density at radius 1 is 1.53 bits per heavy atom. The van der Waals surface area contributed by atoms with Crippen molar-refractivity contribution in [2.24, 2.45) is 18.7 Å². The van der Waals surface area contributed by atoms with Crippen LogP contribution < -0.4 is 5.73 Å². The Kier molecular flexibility index (Phi) is 4.55. The first-order valence-electron chi connectivity index (χ1n) is 5.95. The monoisotopic (exact) mass is 261 g/mol. The number of aryl methyl sites for hydroxylation is 2. The van der Waals surface area contributed by atoms with Crippen LogP contribution in [0.5, 0.6) is 0 Å². The molecule has 3 nitrogen and oxygen atoms in total. The Bertz CT molecular complexity index is 389. The Labute approximate surface area is 107 Å². The van der Waals surface area contributed by atoms with Gasteiger partial charge in [0, 0.05) is 20.0 Å². The largest absolute Gasteiger partial charge is 0.328 e. The van der Waals surface area contributed by atoms with Crippen LogP contribution in [0.15, 0.2) is 0 Å². The smallest absolute Gasteiger partial charge is 0.131 e. The lowest BCUT2D eigenvalue weighted by Gasteiger charge is -2.27. The minimum Gasteiger partial charge on any atom is -0.328 e. The Hall–Kier alpha value is -0.610. The second-order valence-corrected chi connectivity index (χ2v) is 5.13. The summed E-state index contributed by atoms with van der Waals surface area (Å²) in [4.78, 5) is 0. The third-order valence-corrected chi connectivity index (χ3v) is 3.77. The summed E-state index contributed by atoms with van der Waals surface area (Å²) in [6.07, 6.45) is 0.958. The number of hydrogen-bond donors (Lipinski definition) is 1. The zero-order valence-electron chi connectivity index (χ0n) is 10.9. The van der Waals surface area contributed by atoms with E-state index in [1.54, 1.807) is 11.7 Å². The van der Waals surface area contributed by atoms with E-state index in [0.29, 0.717) is 5.02 Å². The molecular formula is C12H21ClFN3. The Morgan fingerprint density at radius 2 is 2.12 bits per heavy atom. The van der Waals surface area contributed by atoms with E-state index in [4.69, 9.17) is 17.3 Å². The maximum absolute atomic E-state index is 14.6. The molecule has 0 aliphatic carbocycles. The second kappa shape index (κ2) is 5.36. The molecule has 1 aromatic heterocycles. The minimum atomic E-state index is -1.43. The quantitative estimate of drug-likeness (QED) is 0.885. The summed E-state index contributed by atoms with van der Waals surface area (Å²) in [7, 11) is 1.79. The zero-order chi connectivity index (χ0) is 13.2. The summed E-state index contributed by atoms with van der Waals surface area (Å²) in [5.41, 5.74) is 5.66. The third kappa shape index (κ3) is 2.80. The number of alkyl halides is 1. The van der Waals surface area contributed by atoms with Crippen LogP contribution in [0.1, 0.15) is 32.2 Å². The van der Waals surface area contributed by atoms with Gasteiger partial charge in [0.1, 0.15) is 5.67 Å². The summed E-state index contributed by atoms with van der Waals surface area (Å²) in [5.74, 6) is -0.149. The van der Waals surface area contributed by atoms with Gasteiger partial charge in [-0.05, 0) is 12.3 Å². The molecule has 1 atom stereocenters. The SMILES string of the molecule is CCc1nn(C)c(CC(F)(CN)C(C)C)c1Cl. The number of rotatable bonds is 5. The Balaban J connectivity index is 3.06. The molecule has 0 amide bonds. The molecule has 0 saturated heterocycles. The van der Waals surface area contributed by atoms with Crippen molar-refractivity contribution in [1.29, 1.82) is 0 Å². The van der Waals surface area contributed by atoms with Crippen molar-refractivity contribution in [3.63, 3.8) is 0 Å². The molecule has 17 heavy (non-hydrogen) atoms. The van der Waals surface area contributed by atoms with Crippen LogP contribution in [0.25, 0.3) is 0 Å². The molecule has 0 radical (unpaired) electrons. The van der Waals surface area contributed by atoms with Crippen molar-refractivity contribution in [3.05, 3.63) is 16.4 Å². The molecule has 2 N–H and O–H groups in total. The predicted molar refractivity (Wildman–Crippen MR) is 69.0 cm³/mol. The first-order valence-corrected chi connectivity index (χ1v) is 6.32. The van der Waals surface area contributed by atoms with Gasteiger partial charge >= 0.3 is 0 Å². The number of nitrogens with zero attached hydrogens (tertiary/aromatic N) is 2. The number of aromatic nitrogens is 2. The third-order valence-electron chi connectivity index (χ3n) is 3.34. The fraction of sp³-hybridized carbons (Fsp3) is 0.750. The van der Waals surface area contributed by atoms with Gasteiger partial charge in [0.25, 0.3) is 0 Å². The fourth-order valence-electron chi connectivity index (χ4n) is 1.80. The van der Waals surface area contributed by atoms with Crippen molar-refractivity contribution in [2.45, 2.75) is 39.3 Å². The van der Waals surface area contributed by atoms with E-state index >= 15 is 0 Å². The van der Waals surface area contributed by atoms with E-state index in [1.165, 1.54) is 0 Å². The van der Waals surface area contributed by atoms with Gasteiger partial charge in [-0.25, -0.2) is 4.39 Å². The topological polar surface area (TPSA) is 43.8 Å². The van der Waals surface area contributed by atoms with Crippen LogP contribution in [0.2, 0.25) is 5.02 Å². The molecule has 98 valence electrons. The van der Waals surface area contributed by atoms with Crippen LogP contribution in [0.3, 0.4) is 0 Å². The molecule has 0 spiro atoms. The van der Waals surface area contributed by atoms with Crippen LogP contribution in [0, 0.1) is 5.92 Å². The normalized spacial score (nSPS) is 15.3. The summed E-state index contributed by atoms with van der Waals surface area (Å²) in [5, 5.41) is 4.86. The van der Waals surface area contributed by atoms with E-state index in [2.05, 4.69) is 5.10 Å². The van der Waals surface area contributed by atoms with Crippen LogP contribution in [-0.2, 0) is 19.9 Å². The average Bonchev–Trinajstić information content (AvgIpc) is 2.55. The summed E-state index contributed by atoms with van der Waals surface area (Å²) in [6.45, 7) is 5.63. The molecule has 5 heteroatoms. The molecule has 1 unspecified atom stereocenters. The lowest BCUT2D eigenvalue weighted by atomic mass is 9.87. The van der Waals surface area contributed by atoms with Crippen LogP contribution in [0.4, 0.5) is 4.39 Å². The van der Waals surface area contributed by atoms with Gasteiger partial charge < -0.3 is 5.73 Å². The van der Waals surface area contributed by atoms with Gasteiger partial charge in [0.2, 0.25) is 0 Å². The van der Waals surface area contributed by atoms with E-state index in [9.17, 15) is 4.39 Å². The van der Waals surface area contributed by atoms with Gasteiger partial charge in [0.15, 0.2) is 0 Å². The molecule has 0 fully saturated rings. The van der Waals surface area contributed by atoms with Crippen molar-refractivity contribution in [1.82, 2.24) is 9.78 Å². The maximum Gasteiger partial charge on any atom is 0.131 e. The van der Waals surface area contributed by atoms with Gasteiger partial charge in [0.05, 0.1) is 16.4 Å². The first-order chi connectivity index (χ1) is 7.85. The molecule has 1 heterocycles. The summed E-state index contributed by atoms with van der Waals surface area (Å²) >= 11 is 6.21. The predicted octanol–water partition coefficient (Wildman–Crippen LogP) is 2.50.